The van der Waals surface area contributed by atoms with Gasteiger partial charge in [-0.1, -0.05) is 54.1 Å². The average molecular weight is 499 g/mol. The van der Waals surface area contributed by atoms with Crippen molar-refractivity contribution in [1.82, 2.24) is 10.2 Å². The Hall–Kier alpha value is -2.71. The van der Waals surface area contributed by atoms with Gasteiger partial charge in [0.05, 0.1) is 6.04 Å². The second-order valence-corrected chi connectivity index (χ2v) is 9.87. The Morgan fingerprint density at radius 2 is 1.85 bits per heavy atom. The molecule has 2 amide bonds. The number of rotatable bonds is 8. The van der Waals surface area contributed by atoms with E-state index < -0.39 is 24.0 Å². The van der Waals surface area contributed by atoms with Gasteiger partial charge in [-0.05, 0) is 53.1 Å². The highest BCUT2D eigenvalue weighted by Gasteiger charge is 2.38. The fourth-order valence-electron chi connectivity index (χ4n) is 4.24. The summed E-state index contributed by atoms with van der Waals surface area (Å²) in [7, 11) is 0. The van der Waals surface area contributed by atoms with Gasteiger partial charge in [-0.15, -0.1) is 11.3 Å². The lowest BCUT2D eigenvalue weighted by Gasteiger charge is -2.28. The van der Waals surface area contributed by atoms with Gasteiger partial charge in [0.25, 0.3) is 11.8 Å². The highest BCUT2D eigenvalue weighted by Crippen LogP contribution is 2.33. The van der Waals surface area contributed by atoms with E-state index in [1.165, 1.54) is 10.5 Å². The quantitative estimate of drug-likeness (QED) is 0.442. The van der Waals surface area contributed by atoms with E-state index in [0.717, 1.165) is 35.3 Å². The zero-order valence-corrected chi connectivity index (χ0v) is 20.1. The molecule has 6 nitrogen and oxygen atoms in total. The van der Waals surface area contributed by atoms with Crippen molar-refractivity contribution in [2.24, 2.45) is 0 Å². The van der Waals surface area contributed by atoms with Crippen LogP contribution in [0.2, 0.25) is 5.02 Å². The van der Waals surface area contributed by atoms with Crippen molar-refractivity contribution < 1.29 is 19.8 Å². The van der Waals surface area contributed by atoms with Crippen LogP contribution in [-0.2, 0) is 22.6 Å². The van der Waals surface area contributed by atoms with Crippen LogP contribution in [-0.4, -0.2) is 45.7 Å². The van der Waals surface area contributed by atoms with Crippen molar-refractivity contribution in [3.63, 3.8) is 0 Å². The fourth-order valence-corrected chi connectivity index (χ4v) is 5.36. The first-order valence-electron chi connectivity index (χ1n) is 11.2. The monoisotopic (exact) mass is 498 g/mol. The lowest BCUT2D eigenvalue weighted by atomic mass is 10.0. The number of hydrogen-bond acceptors (Lipinski definition) is 5. The van der Waals surface area contributed by atoms with Crippen LogP contribution in [0.15, 0.2) is 66.0 Å². The van der Waals surface area contributed by atoms with Crippen molar-refractivity contribution >= 4 is 34.8 Å². The normalized spacial score (nSPS) is 17.4. The van der Waals surface area contributed by atoms with Gasteiger partial charge < -0.3 is 20.4 Å². The standard InChI is InChI=1S/C26H27ClN2O4S/c27-20-9-4-8-19(14-20)22-10-5-11-29(22)26(33)24(31)23(30)25(32)28-15-18-13-21(34-16-18)12-17-6-2-1-3-7-17/h1-4,6-9,13-14,16,22-24,30-31H,5,10-12,15H2,(H,28,32)/t22?,23-,24-/m1/s1. The van der Waals surface area contributed by atoms with Gasteiger partial charge in [-0.2, -0.15) is 0 Å². The van der Waals surface area contributed by atoms with Gasteiger partial charge in [0.2, 0.25) is 0 Å². The number of aliphatic hydroxyl groups excluding tert-OH is 2. The Bertz CT molecular complexity index is 1140. The van der Waals surface area contributed by atoms with Crippen LogP contribution in [0, 0.1) is 0 Å². The van der Waals surface area contributed by atoms with E-state index >= 15 is 0 Å². The number of thiophene rings is 1. The Kier molecular flexibility index (Phi) is 8.00. The molecule has 0 saturated carbocycles. The van der Waals surface area contributed by atoms with E-state index in [4.69, 9.17) is 11.6 Å². The summed E-state index contributed by atoms with van der Waals surface area (Å²) in [6, 6.07) is 19.1. The number of benzene rings is 2. The molecule has 1 unspecified atom stereocenters. The zero-order chi connectivity index (χ0) is 24.1. The molecule has 8 heteroatoms. The van der Waals surface area contributed by atoms with E-state index in [1.54, 1.807) is 23.5 Å². The van der Waals surface area contributed by atoms with Gasteiger partial charge in [0.1, 0.15) is 0 Å². The molecule has 1 aliphatic rings. The van der Waals surface area contributed by atoms with E-state index in [1.807, 2.05) is 41.8 Å². The van der Waals surface area contributed by atoms with Crippen LogP contribution < -0.4 is 5.32 Å². The minimum Gasteiger partial charge on any atom is -0.380 e. The third kappa shape index (κ3) is 5.85. The summed E-state index contributed by atoms with van der Waals surface area (Å²) in [4.78, 5) is 28.1. The Morgan fingerprint density at radius 3 is 2.62 bits per heavy atom. The summed E-state index contributed by atoms with van der Waals surface area (Å²) >= 11 is 7.69. The van der Waals surface area contributed by atoms with Crippen LogP contribution in [0.4, 0.5) is 0 Å². The minimum absolute atomic E-state index is 0.205. The van der Waals surface area contributed by atoms with Crippen molar-refractivity contribution in [1.29, 1.82) is 0 Å². The molecule has 1 aromatic heterocycles. The number of hydrogen-bond donors (Lipinski definition) is 3. The van der Waals surface area contributed by atoms with Gasteiger partial charge >= 0.3 is 0 Å². The third-order valence-corrected chi connectivity index (χ3v) is 7.21. The number of halogens is 1. The molecule has 0 aliphatic carbocycles. The zero-order valence-electron chi connectivity index (χ0n) is 18.6. The summed E-state index contributed by atoms with van der Waals surface area (Å²) < 4.78 is 0. The number of carbonyl (C=O) groups is 2. The Balaban J connectivity index is 1.32. The van der Waals surface area contributed by atoms with Crippen LogP contribution in [0.25, 0.3) is 0 Å². The highest BCUT2D eigenvalue weighted by atomic mass is 35.5. The van der Waals surface area contributed by atoms with Crippen LogP contribution in [0.5, 0.6) is 0 Å². The van der Waals surface area contributed by atoms with Crippen molar-refractivity contribution in [2.75, 3.05) is 6.54 Å². The van der Waals surface area contributed by atoms with Gasteiger partial charge in [-0.3, -0.25) is 9.59 Å². The van der Waals surface area contributed by atoms with Crippen molar-refractivity contribution in [3.8, 4) is 0 Å². The lowest BCUT2D eigenvalue weighted by molar-refractivity contribution is -0.153. The summed E-state index contributed by atoms with van der Waals surface area (Å²) in [5.41, 5.74) is 2.97. The molecule has 2 aromatic carbocycles. The Labute approximate surface area is 207 Å². The molecular formula is C26H27ClN2O4S. The van der Waals surface area contributed by atoms with Gasteiger partial charge in [-0.25, -0.2) is 0 Å². The van der Waals surface area contributed by atoms with Crippen LogP contribution in [0.1, 0.15) is 40.5 Å². The molecule has 34 heavy (non-hydrogen) atoms. The molecule has 0 radical (unpaired) electrons. The third-order valence-electron chi connectivity index (χ3n) is 5.99. The fraction of sp³-hybridized carbons (Fsp3) is 0.308. The molecular weight excluding hydrogens is 472 g/mol. The number of likely N-dealkylation sites (tertiary alicyclic amines) is 1. The minimum atomic E-state index is -1.85. The predicted molar refractivity (Wildman–Crippen MR) is 133 cm³/mol. The molecule has 0 spiro atoms. The van der Waals surface area contributed by atoms with Crippen molar-refractivity contribution in [3.05, 3.63) is 92.6 Å². The number of nitrogens with zero attached hydrogens (tertiary/aromatic N) is 1. The number of carbonyl (C=O) groups excluding carboxylic acids is 2. The summed E-state index contributed by atoms with van der Waals surface area (Å²) in [5, 5.41) is 26.0. The number of aliphatic hydroxyl groups is 2. The highest BCUT2D eigenvalue weighted by molar-refractivity contribution is 7.10. The second-order valence-electron chi connectivity index (χ2n) is 8.44. The van der Waals surface area contributed by atoms with E-state index in [9.17, 15) is 19.8 Å². The summed E-state index contributed by atoms with van der Waals surface area (Å²) in [5.74, 6) is -1.44. The van der Waals surface area contributed by atoms with Gasteiger partial charge in [0, 0.05) is 29.4 Å². The predicted octanol–water partition coefficient (Wildman–Crippen LogP) is 3.69. The maximum atomic E-state index is 12.9. The average Bonchev–Trinajstić information content (AvgIpc) is 3.51. The molecule has 3 N–H and O–H groups in total. The largest absolute Gasteiger partial charge is 0.380 e. The van der Waals surface area contributed by atoms with E-state index in [-0.39, 0.29) is 12.6 Å². The molecule has 178 valence electrons. The van der Waals surface area contributed by atoms with Crippen LogP contribution >= 0.6 is 22.9 Å². The molecule has 0 bridgehead atoms. The maximum Gasteiger partial charge on any atom is 0.255 e. The molecule has 3 atom stereocenters. The van der Waals surface area contributed by atoms with E-state index in [2.05, 4.69) is 17.4 Å². The topological polar surface area (TPSA) is 89.9 Å². The smallest absolute Gasteiger partial charge is 0.255 e. The summed E-state index contributed by atoms with van der Waals surface area (Å²) in [6.45, 7) is 0.650. The summed E-state index contributed by atoms with van der Waals surface area (Å²) in [6.07, 6.45) is -1.39. The molecule has 1 fully saturated rings. The first kappa shape index (κ1) is 24.4. The van der Waals surface area contributed by atoms with Crippen molar-refractivity contribution in [2.45, 2.75) is 44.1 Å². The second kappa shape index (κ2) is 11.1. The first-order chi connectivity index (χ1) is 16.4. The van der Waals surface area contributed by atoms with Gasteiger partial charge in [0.15, 0.2) is 12.2 Å². The molecule has 1 aliphatic heterocycles. The lowest BCUT2D eigenvalue weighted by Crippen LogP contribution is -2.50. The molecule has 3 aromatic rings. The SMILES string of the molecule is O=C(NCc1csc(Cc2ccccc2)c1)[C@H](O)[C@@H](O)C(=O)N1CCCC1c1cccc(Cl)c1. The number of nitrogens with one attached hydrogen (secondary N) is 1. The molecule has 4 rings (SSSR count). The Morgan fingerprint density at radius 1 is 1.06 bits per heavy atom. The maximum absolute atomic E-state index is 12.9. The molecule has 2 heterocycles. The molecule has 1 saturated heterocycles. The van der Waals surface area contributed by atoms with E-state index in [0.29, 0.717) is 11.6 Å². The first-order valence-corrected chi connectivity index (χ1v) is 12.5. The number of amides is 2. The van der Waals surface area contributed by atoms with Crippen LogP contribution in [0.3, 0.4) is 0 Å².